The molecule has 30 heavy (non-hydrogen) atoms. The molecule has 3 nitrogen and oxygen atoms in total. The molecule has 1 aliphatic heterocycles. The quantitative estimate of drug-likeness (QED) is 0.409. The highest BCUT2D eigenvalue weighted by Gasteiger charge is 2.54. The van der Waals surface area contributed by atoms with Crippen LogP contribution in [0, 0.1) is 6.92 Å². The molecule has 1 saturated heterocycles. The third-order valence-electron chi connectivity index (χ3n) is 7.04. The van der Waals surface area contributed by atoms with Crippen molar-refractivity contribution in [3.05, 3.63) is 72.3 Å². The van der Waals surface area contributed by atoms with Crippen LogP contribution in [-0.2, 0) is 9.31 Å². The van der Waals surface area contributed by atoms with E-state index in [-0.39, 0.29) is 11.2 Å². The fourth-order valence-corrected chi connectivity index (χ4v) is 4.77. The second-order valence-corrected chi connectivity index (χ2v) is 9.04. The van der Waals surface area contributed by atoms with Crippen molar-refractivity contribution >= 4 is 34.4 Å². The van der Waals surface area contributed by atoms with Gasteiger partial charge in [-0.05, 0) is 51.8 Å². The molecule has 0 bridgehead atoms. The molecule has 0 N–H and O–H groups in total. The molecule has 4 aromatic rings. The van der Waals surface area contributed by atoms with Crippen molar-refractivity contribution in [2.24, 2.45) is 0 Å². The first-order valence-corrected chi connectivity index (χ1v) is 10.8. The summed E-state index contributed by atoms with van der Waals surface area (Å²) >= 11 is 0. The summed E-state index contributed by atoms with van der Waals surface area (Å²) in [6.45, 7) is 10.8. The first kappa shape index (κ1) is 19.4. The van der Waals surface area contributed by atoms with Crippen LogP contribution in [0.2, 0.25) is 0 Å². The summed E-state index contributed by atoms with van der Waals surface area (Å²) in [6.07, 6.45) is 0.896. The van der Waals surface area contributed by atoms with E-state index in [1.807, 2.05) is 0 Å². The monoisotopic (exact) mass is 397 g/mol. The molecule has 0 spiro atoms. The highest BCUT2D eigenvalue weighted by atomic mass is 16.7. The second kappa shape index (κ2) is 6.73. The minimum Gasteiger partial charge on any atom is -0.399 e. The molecule has 152 valence electrons. The summed E-state index contributed by atoms with van der Waals surface area (Å²) in [4.78, 5) is 0. The maximum Gasteiger partial charge on any atom is 0.497 e. The third kappa shape index (κ3) is 2.67. The largest absolute Gasteiger partial charge is 0.497 e. The van der Waals surface area contributed by atoms with E-state index in [0.29, 0.717) is 0 Å². The predicted molar refractivity (Wildman–Crippen MR) is 126 cm³/mol. The number of aromatic nitrogens is 1. The van der Waals surface area contributed by atoms with E-state index in [9.17, 15) is 0 Å². The zero-order valence-corrected chi connectivity index (χ0v) is 18.4. The summed E-state index contributed by atoms with van der Waals surface area (Å²) in [5.41, 5.74) is 5.12. The number of benzene rings is 3. The van der Waals surface area contributed by atoms with Crippen LogP contribution in [0.4, 0.5) is 0 Å². The van der Waals surface area contributed by atoms with Gasteiger partial charge in [0.25, 0.3) is 0 Å². The average molecular weight is 397 g/mol. The van der Waals surface area contributed by atoms with E-state index < -0.39 is 7.12 Å². The van der Waals surface area contributed by atoms with Gasteiger partial charge in [-0.15, -0.1) is 0 Å². The minimum atomic E-state index is -0.403. The van der Waals surface area contributed by atoms with Gasteiger partial charge in [0, 0.05) is 21.9 Å². The molecule has 5 rings (SSSR count). The molecular formula is C26H28BNO2. The maximum absolute atomic E-state index is 6.58. The Bertz CT molecular complexity index is 1210. The molecule has 3 aromatic carbocycles. The van der Waals surface area contributed by atoms with Crippen LogP contribution in [0.3, 0.4) is 0 Å². The summed E-state index contributed by atoms with van der Waals surface area (Å²) < 4.78 is 15.5. The van der Waals surface area contributed by atoms with Crippen molar-refractivity contribution < 1.29 is 9.31 Å². The van der Waals surface area contributed by atoms with Crippen LogP contribution in [0.5, 0.6) is 0 Å². The van der Waals surface area contributed by atoms with E-state index in [1.54, 1.807) is 0 Å². The maximum atomic E-state index is 6.58. The van der Waals surface area contributed by atoms with Crippen molar-refractivity contribution in [2.45, 2.75) is 52.2 Å². The highest BCUT2D eigenvalue weighted by Crippen LogP contribution is 2.40. The third-order valence-corrected chi connectivity index (χ3v) is 7.04. The molecule has 1 aromatic heterocycles. The van der Waals surface area contributed by atoms with Gasteiger partial charge in [-0.3, -0.25) is 0 Å². The molecule has 1 fully saturated rings. The Morgan fingerprint density at radius 1 is 0.800 bits per heavy atom. The lowest BCUT2D eigenvalue weighted by Gasteiger charge is -2.35. The van der Waals surface area contributed by atoms with E-state index in [4.69, 9.17) is 9.31 Å². The summed E-state index contributed by atoms with van der Waals surface area (Å²) in [5, 5.41) is 2.52. The Hall–Kier alpha value is -2.56. The zero-order chi connectivity index (χ0) is 21.1. The second-order valence-electron chi connectivity index (χ2n) is 9.04. The van der Waals surface area contributed by atoms with Crippen LogP contribution in [-0.4, -0.2) is 22.9 Å². The topological polar surface area (TPSA) is 23.4 Å². The molecule has 0 saturated carbocycles. The van der Waals surface area contributed by atoms with E-state index in [0.717, 1.165) is 17.6 Å². The molecule has 1 aliphatic rings. The Labute approximate surface area is 178 Å². The first-order valence-electron chi connectivity index (χ1n) is 10.8. The van der Waals surface area contributed by atoms with Gasteiger partial charge in [-0.2, -0.15) is 0 Å². The Morgan fingerprint density at radius 3 is 1.97 bits per heavy atom. The molecule has 0 radical (unpaired) electrons. The molecule has 1 atom stereocenters. The highest BCUT2D eigenvalue weighted by molar-refractivity contribution is 6.63. The predicted octanol–water partition coefficient (Wildman–Crippen LogP) is 5.78. The lowest BCUT2D eigenvalue weighted by molar-refractivity contribution is -0.0118. The minimum absolute atomic E-state index is 0.334. The Kier molecular flexibility index (Phi) is 4.35. The first-order chi connectivity index (χ1) is 14.4. The van der Waals surface area contributed by atoms with Crippen molar-refractivity contribution in [3.8, 4) is 5.69 Å². The van der Waals surface area contributed by atoms with Crippen molar-refractivity contribution in [1.82, 2.24) is 4.57 Å². The van der Waals surface area contributed by atoms with E-state index in [1.165, 1.54) is 27.4 Å². The number of fused-ring (bicyclic) bond motifs is 3. The Balaban J connectivity index is 1.79. The summed E-state index contributed by atoms with van der Waals surface area (Å²) in [5.74, 6) is 0. The van der Waals surface area contributed by atoms with Crippen LogP contribution < -0.4 is 5.46 Å². The van der Waals surface area contributed by atoms with Gasteiger partial charge in [0.2, 0.25) is 0 Å². The van der Waals surface area contributed by atoms with Crippen LogP contribution in [0.25, 0.3) is 27.5 Å². The molecular weight excluding hydrogens is 369 g/mol. The van der Waals surface area contributed by atoms with Crippen LogP contribution >= 0.6 is 0 Å². The summed E-state index contributed by atoms with van der Waals surface area (Å²) in [7, 11) is -0.403. The fourth-order valence-electron chi connectivity index (χ4n) is 4.77. The molecule has 0 amide bonds. The van der Waals surface area contributed by atoms with Gasteiger partial charge in [0.15, 0.2) is 0 Å². The van der Waals surface area contributed by atoms with Gasteiger partial charge >= 0.3 is 7.12 Å². The number of aryl methyl sites for hydroxylation is 1. The number of hydrogen-bond acceptors (Lipinski definition) is 2. The zero-order valence-electron chi connectivity index (χ0n) is 18.4. The smallest absolute Gasteiger partial charge is 0.399 e. The average Bonchev–Trinajstić information content (AvgIpc) is 3.19. The molecule has 0 aliphatic carbocycles. The number of rotatable bonds is 3. The van der Waals surface area contributed by atoms with Gasteiger partial charge in [-0.1, -0.05) is 61.5 Å². The number of nitrogens with zero attached hydrogens (tertiary/aromatic N) is 1. The van der Waals surface area contributed by atoms with Gasteiger partial charge in [0.05, 0.1) is 22.2 Å². The van der Waals surface area contributed by atoms with E-state index in [2.05, 4.69) is 106 Å². The SMILES string of the molecule is CCC1(C)OB(c2cccc(C)c2-n2c3ccccc3c3ccccc32)OC1(C)C. The molecule has 4 heteroatoms. The van der Waals surface area contributed by atoms with Crippen molar-refractivity contribution in [1.29, 1.82) is 0 Å². The van der Waals surface area contributed by atoms with Gasteiger partial charge in [0.1, 0.15) is 0 Å². The normalized spacial score (nSPS) is 21.0. The van der Waals surface area contributed by atoms with Crippen molar-refractivity contribution in [2.75, 3.05) is 0 Å². The number of para-hydroxylation sites is 3. The van der Waals surface area contributed by atoms with E-state index >= 15 is 0 Å². The van der Waals surface area contributed by atoms with Crippen molar-refractivity contribution in [3.63, 3.8) is 0 Å². The standard InChI is InChI=1S/C26H28BNO2/c1-6-26(5)25(3,4)29-27(30-26)21-15-11-12-18(2)24(21)28-22-16-9-7-13-19(22)20-14-8-10-17-23(20)28/h7-17H,6H2,1-5H3. The van der Waals surface area contributed by atoms with Gasteiger partial charge in [-0.25, -0.2) is 0 Å². The molecule has 1 unspecified atom stereocenters. The molecule has 2 heterocycles. The van der Waals surface area contributed by atoms with Gasteiger partial charge < -0.3 is 13.9 Å². The summed E-state index contributed by atoms with van der Waals surface area (Å²) in [6, 6.07) is 23.6. The van der Waals surface area contributed by atoms with Crippen LogP contribution in [0.15, 0.2) is 66.7 Å². The lowest BCUT2D eigenvalue weighted by atomic mass is 9.76. The lowest BCUT2D eigenvalue weighted by Crippen LogP contribution is -2.44. The Morgan fingerprint density at radius 2 is 1.40 bits per heavy atom. The van der Waals surface area contributed by atoms with Crippen LogP contribution in [0.1, 0.15) is 39.7 Å². The fraction of sp³-hybridized carbons (Fsp3) is 0.308. The number of hydrogen-bond donors (Lipinski definition) is 0.